The van der Waals surface area contributed by atoms with E-state index in [2.05, 4.69) is 20.2 Å². The minimum atomic E-state index is -0.313. The molecular weight excluding hydrogens is 440 g/mol. The van der Waals surface area contributed by atoms with E-state index in [1.165, 1.54) is 17.2 Å². The third kappa shape index (κ3) is 3.80. The van der Waals surface area contributed by atoms with Crippen LogP contribution < -0.4 is 5.56 Å². The summed E-state index contributed by atoms with van der Waals surface area (Å²) in [4.78, 5) is 21.8. The van der Waals surface area contributed by atoms with Gasteiger partial charge in [0, 0.05) is 29.7 Å². The first-order valence-electron chi connectivity index (χ1n) is 10.9. The van der Waals surface area contributed by atoms with Gasteiger partial charge in [0.1, 0.15) is 17.4 Å². The lowest BCUT2D eigenvalue weighted by atomic mass is 10.1. The fourth-order valence-corrected chi connectivity index (χ4v) is 3.79. The molecule has 9 heteroatoms. The Hall–Kier alpha value is -5.18. The molecule has 0 saturated heterocycles. The SMILES string of the molecule is O=c1c2cnn(-c3ccccc3)c2ncn1/N=C/c1cn(-c2ccccc2)nc1-c1cccnc1. The zero-order valence-corrected chi connectivity index (χ0v) is 18.4. The van der Waals surface area contributed by atoms with Crippen molar-refractivity contribution >= 4 is 17.2 Å². The highest BCUT2D eigenvalue weighted by Gasteiger charge is 2.13. The van der Waals surface area contributed by atoms with Crippen molar-refractivity contribution in [3.63, 3.8) is 0 Å². The minimum absolute atomic E-state index is 0.313. The van der Waals surface area contributed by atoms with Gasteiger partial charge in [0.2, 0.25) is 0 Å². The standard InChI is InChI=1S/C26H18N8O/c35-26-23-16-30-34(22-11-5-2-6-12-22)25(23)28-18-33(26)29-15-20-17-32(21-9-3-1-4-10-21)31-24(20)19-8-7-13-27-14-19/h1-18H/b29-15+. The molecule has 6 rings (SSSR count). The molecule has 0 spiro atoms. The Kier molecular flexibility index (Phi) is 5.04. The van der Waals surface area contributed by atoms with E-state index in [1.54, 1.807) is 28.0 Å². The first-order valence-corrected chi connectivity index (χ1v) is 10.9. The first kappa shape index (κ1) is 20.4. The Labute approximate surface area is 199 Å². The minimum Gasteiger partial charge on any atom is -0.266 e. The summed E-state index contributed by atoms with van der Waals surface area (Å²) >= 11 is 0. The zero-order chi connectivity index (χ0) is 23.6. The number of para-hydroxylation sites is 2. The van der Waals surface area contributed by atoms with E-state index in [0.29, 0.717) is 16.7 Å². The first-order chi connectivity index (χ1) is 17.3. The van der Waals surface area contributed by atoms with Gasteiger partial charge < -0.3 is 0 Å². The van der Waals surface area contributed by atoms with Crippen LogP contribution in [0.5, 0.6) is 0 Å². The average Bonchev–Trinajstić information content (AvgIpc) is 3.55. The molecule has 0 N–H and O–H groups in total. The normalized spacial score (nSPS) is 11.4. The van der Waals surface area contributed by atoms with Gasteiger partial charge in [-0.3, -0.25) is 9.78 Å². The summed E-state index contributed by atoms with van der Waals surface area (Å²) in [6.07, 6.45) is 9.83. The smallest absolute Gasteiger partial charge is 0.266 e. The van der Waals surface area contributed by atoms with Crippen LogP contribution in [-0.4, -0.2) is 40.4 Å². The van der Waals surface area contributed by atoms with Crippen molar-refractivity contribution in [3.05, 3.63) is 120 Å². The average molecular weight is 458 g/mol. The fraction of sp³-hybridized carbons (Fsp3) is 0. The summed E-state index contributed by atoms with van der Waals surface area (Å²) in [7, 11) is 0. The van der Waals surface area contributed by atoms with E-state index in [0.717, 1.165) is 22.5 Å². The molecule has 0 fully saturated rings. The molecule has 168 valence electrons. The Bertz CT molecular complexity index is 1700. The van der Waals surface area contributed by atoms with Gasteiger partial charge in [-0.15, -0.1) is 0 Å². The topological polar surface area (TPSA) is 95.8 Å². The molecule has 35 heavy (non-hydrogen) atoms. The molecule has 0 aliphatic carbocycles. The molecule has 0 radical (unpaired) electrons. The molecular formula is C26H18N8O. The number of nitrogens with zero attached hydrogens (tertiary/aromatic N) is 8. The number of hydrogen-bond donors (Lipinski definition) is 0. The lowest BCUT2D eigenvalue weighted by Gasteiger charge is -2.02. The molecule has 9 nitrogen and oxygen atoms in total. The Morgan fingerprint density at radius 1 is 0.857 bits per heavy atom. The summed E-state index contributed by atoms with van der Waals surface area (Å²) in [5.41, 5.74) is 4.16. The summed E-state index contributed by atoms with van der Waals surface area (Å²) in [5.74, 6) is 0. The van der Waals surface area contributed by atoms with Crippen LogP contribution in [-0.2, 0) is 0 Å². The number of benzene rings is 2. The quantitative estimate of drug-likeness (QED) is 0.367. The Balaban J connectivity index is 1.41. The predicted molar refractivity (Wildman–Crippen MR) is 133 cm³/mol. The highest BCUT2D eigenvalue weighted by atomic mass is 16.1. The van der Waals surface area contributed by atoms with E-state index in [4.69, 9.17) is 5.10 Å². The van der Waals surface area contributed by atoms with Gasteiger partial charge >= 0.3 is 0 Å². The third-order valence-electron chi connectivity index (χ3n) is 5.49. The molecule has 0 aliphatic heterocycles. The van der Waals surface area contributed by atoms with Crippen molar-refractivity contribution in [2.75, 3.05) is 0 Å². The van der Waals surface area contributed by atoms with Gasteiger partial charge in [-0.25, -0.2) is 14.3 Å². The fourth-order valence-electron chi connectivity index (χ4n) is 3.79. The number of hydrogen-bond acceptors (Lipinski definition) is 6. The second-order valence-electron chi connectivity index (χ2n) is 7.72. The number of aromatic nitrogens is 7. The molecule has 0 unspecified atom stereocenters. The lowest BCUT2D eigenvalue weighted by molar-refractivity contribution is 0.809. The van der Waals surface area contributed by atoms with Crippen LogP contribution in [0, 0.1) is 0 Å². The maximum atomic E-state index is 13.1. The molecule has 0 amide bonds. The molecule has 4 heterocycles. The van der Waals surface area contributed by atoms with E-state index < -0.39 is 0 Å². The Morgan fingerprint density at radius 3 is 2.37 bits per heavy atom. The van der Waals surface area contributed by atoms with Crippen LogP contribution in [0.15, 0.2) is 114 Å². The molecule has 4 aromatic heterocycles. The van der Waals surface area contributed by atoms with Crippen LogP contribution >= 0.6 is 0 Å². The van der Waals surface area contributed by atoms with Crippen LogP contribution in [0.1, 0.15) is 5.56 Å². The van der Waals surface area contributed by atoms with Crippen molar-refractivity contribution in [2.45, 2.75) is 0 Å². The Morgan fingerprint density at radius 2 is 1.63 bits per heavy atom. The summed E-state index contributed by atoms with van der Waals surface area (Å²) in [6.45, 7) is 0. The van der Waals surface area contributed by atoms with Gasteiger partial charge in [-0.1, -0.05) is 36.4 Å². The van der Waals surface area contributed by atoms with Gasteiger partial charge in [0.15, 0.2) is 5.65 Å². The number of fused-ring (bicyclic) bond motifs is 1. The van der Waals surface area contributed by atoms with Crippen LogP contribution in [0.4, 0.5) is 0 Å². The van der Waals surface area contributed by atoms with E-state index in [-0.39, 0.29) is 5.56 Å². The van der Waals surface area contributed by atoms with Gasteiger partial charge in [0.05, 0.1) is 23.8 Å². The van der Waals surface area contributed by atoms with Crippen molar-refractivity contribution in [1.82, 2.24) is 34.2 Å². The zero-order valence-electron chi connectivity index (χ0n) is 18.4. The van der Waals surface area contributed by atoms with Crippen molar-refractivity contribution < 1.29 is 0 Å². The van der Waals surface area contributed by atoms with Gasteiger partial charge in [0.25, 0.3) is 5.56 Å². The number of pyridine rings is 1. The highest BCUT2D eigenvalue weighted by molar-refractivity contribution is 5.88. The van der Waals surface area contributed by atoms with Crippen LogP contribution in [0.2, 0.25) is 0 Å². The van der Waals surface area contributed by atoms with E-state index >= 15 is 0 Å². The predicted octanol–water partition coefficient (Wildman–Crippen LogP) is 3.71. The molecule has 0 atom stereocenters. The third-order valence-corrected chi connectivity index (χ3v) is 5.49. The highest BCUT2D eigenvalue weighted by Crippen LogP contribution is 2.22. The van der Waals surface area contributed by atoms with Gasteiger partial charge in [-0.2, -0.15) is 20.0 Å². The van der Waals surface area contributed by atoms with Crippen molar-refractivity contribution in [1.29, 1.82) is 0 Å². The summed E-state index contributed by atoms with van der Waals surface area (Å²) in [6, 6.07) is 23.1. The second-order valence-corrected chi connectivity index (χ2v) is 7.72. The van der Waals surface area contributed by atoms with Crippen LogP contribution in [0.3, 0.4) is 0 Å². The molecule has 2 aromatic carbocycles. The van der Waals surface area contributed by atoms with Crippen LogP contribution in [0.25, 0.3) is 33.7 Å². The lowest BCUT2D eigenvalue weighted by Crippen LogP contribution is -2.17. The summed E-state index contributed by atoms with van der Waals surface area (Å²) in [5, 5.41) is 13.9. The molecule has 0 saturated carbocycles. The summed E-state index contributed by atoms with van der Waals surface area (Å²) < 4.78 is 4.61. The number of rotatable bonds is 5. The maximum Gasteiger partial charge on any atom is 0.285 e. The maximum absolute atomic E-state index is 13.1. The molecule has 6 aromatic rings. The molecule has 0 aliphatic rings. The van der Waals surface area contributed by atoms with Crippen molar-refractivity contribution in [3.8, 4) is 22.6 Å². The molecule has 0 bridgehead atoms. The van der Waals surface area contributed by atoms with E-state index in [9.17, 15) is 4.79 Å². The van der Waals surface area contributed by atoms with E-state index in [1.807, 2.05) is 79.0 Å². The van der Waals surface area contributed by atoms with Gasteiger partial charge in [-0.05, 0) is 36.4 Å². The largest absolute Gasteiger partial charge is 0.285 e. The van der Waals surface area contributed by atoms with Crippen molar-refractivity contribution in [2.24, 2.45) is 5.10 Å². The second kappa shape index (κ2) is 8.64. The monoisotopic (exact) mass is 458 g/mol.